The number of para-hydroxylation sites is 1. The van der Waals surface area contributed by atoms with E-state index in [1.165, 1.54) is 6.26 Å². The van der Waals surface area contributed by atoms with Crippen LogP contribution in [0.2, 0.25) is 0 Å². The molecule has 0 saturated carbocycles. The third-order valence-electron chi connectivity index (χ3n) is 3.19. The highest BCUT2D eigenvalue weighted by Gasteiger charge is 2.20. The molecule has 2 amide bonds. The lowest BCUT2D eigenvalue weighted by Crippen LogP contribution is -2.25. The highest BCUT2D eigenvalue weighted by atomic mass is 16.5. The zero-order chi connectivity index (χ0) is 17.5. The molecule has 0 atom stereocenters. The Morgan fingerprint density at radius 2 is 1.96 bits per heavy atom. The molecule has 0 fully saturated rings. The lowest BCUT2D eigenvalue weighted by atomic mass is 10.1. The molecule has 0 bridgehead atoms. The number of urea groups is 1. The highest BCUT2D eigenvalue weighted by molar-refractivity contribution is 6.08. The quantitative estimate of drug-likeness (QED) is 0.500. The van der Waals surface area contributed by atoms with Crippen molar-refractivity contribution in [1.82, 2.24) is 5.43 Å². The summed E-state index contributed by atoms with van der Waals surface area (Å²) in [6.07, 6.45) is 1.33. The Morgan fingerprint density at radius 3 is 2.62 bits per heavy atom. The molecule has 2 aromatic rings. The number of carbonyl (C=O) groups is 2. The predicted octanol–water partition coefficient (Wildman–Crippen LogP) is 3.31. The molecule has 2 rings (SSSR count). The van der Waals surface area contributed by atoms with Gasteiger partial charge >= 0.3 is 12.0 Å². The van der Waals surface area contributed by atoms with Crippen LogP contribution >= 0.6 is 0 Å². The Kier molecular flexibility index (Phi) is 5.73. The van der Waals surface area contributed by atoms with Crippen molar-refractivity contribution in [2.45, 2.75) is 20.8 Å². The normalized spacial score (nSPS) is 11.0. The molecule has 0 aliphatic heterocycles. The smallest absolute Gasteiger partial charge is 0.342 e. The number of nitrogens with zero attached hydrogens (tertiary/aromatic N) is 1. The fourth-order valence-electron chi connectivity index (χ4n) is 2.13. The van der Waals surface area contributed by atoms with Crippen LogP contribution in [0.15, 0.2) is 46.1 Å². The summed E-state index contributed by atoms with van der Waals surface area (Å²) < 4.78 is 10.3. The van der Waals surface area contributed by atoms with Crippen molar-refractivity contribution in [3.63, 3.8) is 0 Å². The topological polar surface area (TPSA) is 92.9 Å². The predicted molar refractivity (Wildman–Crippen MR) is 90.2 cm³/mol. The molecular formula is C17H19N3O4. The van der Waals surface area contributed by atoms with Crippen LogP contribution in [-0.2, 0) is 4.74 Å². The van der Waals surface area contributed by atoms with Crippen LogP contribution in [-0.4, -0.2) is 24.3 Å². The van der Waals surface area contributed by atoms with Crippen LogP contribution in [0, 0.1) is 6.92 Å². The standard InChI is InChI=1S/C17H19N3O4/c1-4-23-16(21)14-10-24-12(3)15(14)11(2)19-20-17(22)18-13-8-6-5-7-9-13/h5-10H,4H2,1-3H3,(H2,18,20,22)/b19-11+. The van der Waals surface area contributed by atoms with Gasteiger partial charge in [0.05, 0.1) is 17.9 Å². The van der Waals surface area contributed by atoms with Crippen molar-refractivity contribution in [1.29, 1.82) is 0 Å². The van der Waals surface area contributed by atoms with E-state index in [1.807, 2.05) is 18.2 Å². The Hall–Kier alpha value is -3.09. The molecule has 1 heterocycles. The van der Waals surface area contributed by atoms with E-state index >= 15 is 0 Å². The lowest BCUT2D eigenvalue weighted by molar-refractivity contribution is 0.0525. The summed E-state index contributed by atoms with van der Waals surface area (Å²) in [5.74, 6) is 0.0252. The number of hydrogen-bond donors (Lipinski definition) is 2. The molecule has 2 N–H and O–H groups in total. The van der Waals surface area contributed by atoms with E-state index in [0.717, 1.165) is 0 Å². The van der Waals surface area contributed by atoms with Crippen LogP contribution in [0.5, 0.6) is 0 Å². The molecule has 0 aliphatic rings. The van der Waals surface area contributed by atoms with E-state index in [1.54, 1.807) is 32.9 Å². The Labute approximate surface area is 139 Å². The number of hydrogen-bond acceptors (Lipinski definition) is 5. The summed E-state index contributed by atoms with van der Waals surface area (Å²) in [6, 6.07) is 8.50. The number of anilines is 1. The fraction of sp³-hybridized carbons (Fsp3) is 0.235. The number of rotatable bonds is 5. The maximum absolute atomic E-state index is 11.9. The van der Waals surface area contributed by atoms with Crippen molar-refractivity contribution in [3.05, 3.63) is 53.5 Å². The summed E-state index contributed by atoms with van der Waals surface area (Å²) in [5, 5.41) is 6.66. The molecule has 126 valence electrons. The van der Waals surface area contributed by atoms with Gasteiger partial charge < -0.3 is 14.5 Å². The van der Waals surface area contributed by atoms with Crippen molar-refractivity contribution in [2.24, 2.45) is 5.10 Å². The minimum absolute atomic E-state index is 0.260. The average Bonchev–Trinajstić information content (AvgIpc) is 2.95. The van der Waals surface area contributed by atoms with Gasteiger partial charge in [-0.2, -0.15) is 5.10 Å². The first-order valence-corrected chi connectivity index (χ1v) is 7.44. The molecular weight excluding hydrogens is 310 g/mol. The number of carbonyl (C=O) groups excluding carboxylic acids is 2. The molecule has 7 nitrogen and oxygen atoms in total. The van der Waals surface area contributed by atoms with E-state index in [2.05, 4.69) is 15.8 Å². The van der Waals surface area contributed by atoms with Crippen molar-refractivity contribution >= 4 is 23.4 Å². The molecule has 1 aromatic heterocycles. The summed E-state index contributed by atoms with van der Waals surface area (Å²) in [7, 11) is 0. The summed E-state index contributed by atoms with van der Waals surface area (Å²) >= 11 is 0. The van der Waals surface area contributed by atoms with Crippen LogP contribution in [0.3, 0.4) is 0 Å². The molecule has 0 unspecified atom stereocenters. The SMILES string of the molecule is CCOC(=O)c1coc(C)c1/C(C)=N/NC(=O)Nc1ccccc1. The second-order valence-electron chi connectivity index (χ2n) is 4.93. The van der Waals surface area contributed by atoms with Gasteiger partial charge in [0.2, 0.25) is 0 Å². The molecule has 24 heavy (non-hydrogen) atoms. The molecule has 0 spiro atoms. The molecule has 1 aromatic carbocycles. The van der Waals surface area contributed by atoms with Crippen molar-refractivity contribution < 1.29 is 18.7 Å². The largest absolute Gasteiger partial charge is 0.468 e. The number of amides is 2. The van der Waals surface area contributed by atoms with Crippen LogP contribution < -0.4 is 10.7 Å². The second kappa shape index (κ2) is 7.96. The van der Waals surface area contributed by atoms with Crippen LogP contribution in [0.1, 0.15) is 35.5 Å². The Balaban J connectivity index is 2.09. The van der Waals surface area contributed by atoms with Crippen LogP contribution in [0.4, 0.5) is 10.5 Å². The van der Waals surface area contributed by atoms with E-state index in [0.29, 0.717) is 22.7 Å². The average molecular weight is 329 g/mol. The number of aryl methyl sites for hydroxylation is 1. The van der Waals surface area contributed by atoms with Gasteiger partial charge in [0.25, 0.3) is 0 Å². The molecule has 0 aliphatic carbocycles. The van der Waals surface area contributed by atoms with E-state index in [9.17, 15) is 9.59 Å². The summed E-state index contributed by atoms with van der Waals surface area (Å²) in [6.45, 7) is 5.36. The molecule has 7 heteroatoms. The van der Waals surface area contributed by atoms with Crippen molar-refractivity contribution in [2.75, 3.05) is 11.9 Å². The first kappa shape index (κ1) is 17.3. The van der Waals surface area contributed by atoms with Gasteiger partial charge in [-0.3, -0.25) is 0 Å². The van der Waals surface area contributed by atoms with Gasteiger partial charge in [0.1, 0.15) is 17.6 Å². The summed E-state index contributed by atoms with van der Waals surface area (Å²) in [5.41, 5.74) is 4.26. The van der Waals surface area contributed by atoms with Crippen molar-refractivity contribution in [3.8, 4) is 0 Å². The minimum atomic E-state index is -0.493. The van der Waals surface area contributed by atoms with E-state index < -0.39 is 12.0 Å². The van der Waals surface area contributed by atoms with Crippen LogP contribution in [0.25, 0.3) is 0 Å². The number of benzene rings is 1. The maximum Gasteiger partial charge on any atom is 0.342 e. The third-order valence-corrected chi connectivity index (χ3v) is 3.19. The third kappa shape index (κ3) is 4.22. The monoisotopic (exact) mass is 329 g/mol. The van der Waals surface area contributed by atoms with E-state index in [4.69, 9.17) is 9.15 Å². The number of hydrazone groups is 1. The number of ether oxygens (including phenoxy) is 1. The fourth-order valence-corrected chi connectivity index (χ4v) is 2.13. The molecule has 0 saturated heterocycles. The first-order chi connectivity index (χ1) is 11.5. The zero-order valence-electron chi connectivity index (χ0n) is 13.8. The molecule has 0 radical (unpaired) electrons. The maximum atomic E-state index is 11.9. The van der Waals surface area contributed by atoms with Gasteiger partial charge in [0, 0.05) is 5.69 Å². The van der Waals surface area contributed by atoms with Gasteiger partial charge in [-0.25, -0.2) is 15.0 Å². The van der Waals surface area contributed by atoms with Gasteiger partial charge in [0.15, 0.2) is 0 Å². The second-order valence-corrected chi connectivity index (χ2v) is 4.93. The number of nitrogens with one attached hydrogen (secondary N) is 2. The number of furan rings is 1. The van der Waals surface area contributed by atoms with Gasteiger partial charge in [-0.15, -0.1) is 0 Å². The number of esters is 1. The van der Waals surface area contributed by atoms with Gasteiger partial charge in [-0.05, 0) is 32.9 Å². The Bertz CT molecular complexity index is 750. The zero-order valence-corrected chi connectivity index (χ0v) is 13.8. The van der Waals surface area contributed by atoms with Gasteiger partial charge in [-0.1, -0.05) is 18.2 Å². The Morgan fingerprint density at radius 1 is 1.25 bits per heavy atom. The lowest BCUT2D eigenvalue weighted by Gasteiger charge is -2.06. The first-order valence-electron chi connectivity index (χ1n) is 7.44. The van der Waals surface area contributed by atoms with E-state index in [-0.39, 0.29) is 12.2 Å². The summed E-state index contributed by atoms with van der Waals surface area (Å²) in [4.78, 5) is 23.8. The highest BCUT2D eigenvalue weighted by Crippen LogP contribution is 2.18. The minimum Gasteiger partial charge on any atom is -0.468 e.